The standard InChI is InChI=1S/C19H21NO2S/c1-2-3-8-13-22-17-11-6-4-9-15(17)14-20-16-10-5-7-12-18(16)23-19(20)21/h4-7,9-12H,2-3,8,13-14H2,1H3. The number of nitrogens with zero attached hydrogens (tertiary/aromatic N) is 1. The average molecular weight is 327 g/mol. The van der Waals surface area contributed by atoms with Gasteiger partial charge in [-0.05, 0) is 24.6 Å². The lowest BCUT2D eigenvalue weighted by Crippen LogP contribution is -2.14. The zero-order chi connectivity index (χ0) is 16.1. The number of hydrogen-bond acceptors (Lipinski definition) is 3. The Morgan fingerprint density at radius 2 is 1.83 bits per heavy atom. The summed E-state index contributed by atoms with van der Waals surface area (Å²) in [5, 5.41) is 0. The van der Waals surface area contributed by atoms with E-state index in [1.54, 1.807) is 0 Å². The molecule has 0 bridgehead atoms. The van der Waals surface area contributed by atoms with Crippen molar-refractivity contribution in [3.05, 3.63) is 63.8 Å². The molecule has 0 radical (unpaired) electrons. The van der Waals surface area contributed by atoms with Crippen LogP contribution in [-0.2, 0) is 6.54 Å². The van der Waals surface area contributed by atoms with Gasteiger partial charge in [-0.3, -0.25) is 9.36 Å². The van der Waals surface area contributed by atoms with Crippen LogP contribution in [0.5, 0.6) is 5.75 Å². The maximum absolute atomic E-state index is 12.3. The van der Waals surface area contributed by atoms with E-state index in [0.717, 1.165) is 34.6 Å². The molecule has 120 valence electrons. The van der Waals surface area contributed by atoms with E-state index in [-0.39, 0.29) is 4.87 Å². The molecular formula is C19H21NO2S. The van der Waals surface area contributed by atoms with E-state index >= 15 is 0 Å². The smallest absolute Gasteiger partial charge is 0.308 e. The Bertz CT molecular complexity index is 835. The van der Waals surface area contributed by atoms with Gasteiger partial charge in [0.15, 0.2) is 0 Å². The third-order valence-corrected chi connectivity index (χ3v) is 4.84. The summed E-state index contributed by atoms with van der Waals surface area (Å²) >= 11 is 1.29. The first kappa shape index (κ1) is 15.8. The topological polar surface area (TPSA) is 31.2 Å². The number of para-hydroxylation sites is 2. The van der Waals surface area contributed by atoms with E-state index in [0.29, 0.717) is 6.54 Å². The number of ether oxygens (including phenoxy) is 1. The van der Waals surface area contributed by atoms with Crippen LogP contribution in [0.25, 0.3) is 10.2 Å². The maximum atomic E-state index is 12.3. The lowest BCUT2D eigenvalue weighted by atomic mass is 10.2. The Balaban J connectivity index is 1.84. The fraction of sp³-hybridized carbons (Fsp3) is 0.316. The van der Waals surface area contributed by atoms with Crippen molar-refractivity contribution in [2.24, 2.45) is 0 Å². The summed E-state index contributed by atoms with van der Waals surface area (Å²) in [5.74, 6) is 0.880. The predicted molar refractivity (Wildman–Crippen MR) is 96.6 cm³/mol. The van der Waals surface area contributed by atoms with Gasteiger partial charge in [-0.25, -0.2) is 0 Å². The summed E-state index contributed by atoms with van der Waals surface area (Å²) in [5.41, 5.74) is 2.04. The van der Waals surface area contributed by atoms with Gasteiger partial charge in [0.05, 0.1) is 23.4 Å². The third kappa shape index (κ3) is 3.64. The molecule has 0 N–H and O–H groups in total. The highest BCUT2D eigenvalue weighted by Gasteiger charge is 2.10. The van der Waals surface area contributed by atoms with Crippen molar-refractivity contribution < 1.29 is 4.74 Å². The molecule has 3 nitrogen and oxygen atoms in total. The lowest BCUT2D eigenvalue weighted by molar-refractivity contribution is 0.303. The molecule has 3 aromatic rings. The molecule has 1 aromatic heterocycles. The van der Waals surface area contributed by atoms with Crippen LogP contribution < -0.4 is 9.61 Å². The summed E-state index contributed by atoms with van der Waals surface area (Å²) in [6.07, 6.45) is 3.42. The predicted octanol–water partition coefficient (Wildman–Crippen LogP) is 4.68. The van der Waals surface area contributed by atoms with Crippen molar-refractivity contribution in [2.75, 3.05) is 6.61 Å². The van der Waals surface area contributed by atoms with Crippen LogP contribution in [-0.4, -0.2) is 11.2 Å². The fourth-order valence-electron chi connectivity index (χ4n) is 2.64. The number of aromatic nitrogens is 1. The zero-order valence-corrected chi connectivity index (χ0v) is 14.1. The van der Waals surface area contributed by atoms with Gasteiger partial charge in [0, 0.05) is 5.56 Å². The molecule has 2 aromatic carbocycles. The Morgan fingerprint density at radius 1 is 1.04 bits per heavy atom. The monoisotopic (exact) mass is 327 g/mol. The number of unbranched alkanes of at least 4 members (excludes halogenated alkanes) is 2. The van der Waals surface area contributed by atoms with Gasteiger partial charge in [-0.15, -0.1) is 0 Å². The van der Waals surface area contributed by atoms with Gasteiger partial charge in [-0.2, -0.15) is 0 Å². The van der Waals surface area contributed by atoms with Gasteiger partial charge >= 0.3 is 4.87 Å². The van der Waals surface area contributed by atoms with E-state index in [2.05, 4.69) is 6.92 Å². The number of thiazole rings is 1. The molecule has 0 saturated heterocycles. The lowest BCUT2D eigenvalue weighted by Gasteiger charge is -2.12. The Labute approximate surface area is 140 Å². The number of fused-ring (bicyclic) bond motifs is 1. The van der Waals surface area contributed by atoms with Crippen molar-refractivity contribution >= 4 is 21.6 Å². The molecule has 0 atom stereocenters. The number of hydrogen-bond donors (Lipinski definition) is 0. The Hall–Kier alpha value is -2.07. The minimum Gasteiger partial charge on any atom is -0.493 e. The molecule has 0 aliphatic heterocycles. The molecule has 0 unspecified atom stereocenters. The van der Waals surface area contributed by atoms with E-state index < -0.39 is 0 Å². The molecule has 0 spiro atoms. The van der Waals surface area contributed by atoms with E-state index in [4.69, 9.17) is 4.74 Å². The van der Waals surface area contributed by atoms with Crippen molar-refractivity contribution in [2.45, 2.75) is 32.7 Å². The number of rotatable bonds is 7. The largest absolute Gasteiger partial charge is 0.493 e. The van der Waals surface area contributed by atoms with Gasteiger partial charge in [-0.1, -0.05) is 61.4 Å². The van der Waals surface area contributed by atoms with E-state index in [1.807, 2.05) is 53.1 Å². The second-order valence-electron chi connectivity index (χ2n) is 5.59. The van der Waals surface area contributed by atoms with Crippen LogP contribution in [0.3, 0.4) is 0 Å². The highest BCUT2D eigenvalue weighted by Crippen LogP contribution is 2.22. The van der Waals surface area contributed by atoms with Crippen LogP contribution in [0.15, 0.2) is 53.3 Å². The first-order valence-electron chi connectivity index (χ1n) is 8.08. The molecule has 0 aliphatic carbocycles. The summed E-state index contributed by atoms with van der Waals surface area (Å²) in [6, 6.07) is 15.9. The molecule has 3 rings (SSSR count). The molecule has 0 fully saturated rings. The van der Waals surface area contributed by atoms with E-state index in [1.165, 1.54) is 24.2 Å². The van der Waals surface area contributed by atoms with Gasteiger partial charge in [0.25, 0.3) is 0 Å². The summed E-state index contributed by atoms with van der Waals surface area (Å²) in [7, 11) is 0. The second-order valence-corrected chi connectivity index (χ2v) is 6.58. The molecule has 0 aliphatic rings. The fourth-order valence-corrected chi connectivity index (χ4v) is 3.53. The highest BCUT2D eigenvalue weighted by molar-refractivity contribution is 7.16. The van der Waals surface area contributed by atoms with Crippen molar-refractivity contribution in [3.8, 4) is 5.75 Å². The first-order chi connectivity index (χ1) is 11.3. The van der Waals surface area contributed by atoms with E-state index in [9.17, 15) is 4.79 Å². The normalized spacial score (nSPS) is 11.0. The Morgan fingerprint density at radius 3 is 2.70 bits per heavy atom. The average Bonchev–Trinajstić information content (AvgIpc) is 2.89. The van der Waals surface area contributed by atoms with Crippen LogP contribution in [0.1, 0.15) is 31.7 Å². The van der Waals surface area contributed by atoms with Crippen LogP contribution >= 0.6 is 11.3 Å². The minimum absolute atomic E-state index is 0.0759. The quantitative estimate of drug-likeness (QED) is 0.590. The molecule has 23 heavy (non-hydrogen) atoms. The van der Waals surface area contributed by atoms with Gasteiger partial charge in [0.1, 0.15) is 5.75 Å². The summed E-state index contributed by atoms with van der Waals surface area (Å²) < 4.78 is 8.78. The third-order valence-electron chi connectivity index (χ3n) is 3.88. The Kier molecular flexibility index (Phi) is 5.13. The van der Waals surface area contributed by atoms with Crippen LogP contribution in [0.2, 0.25) is 0 Å². The summed E-state index contributed by atoms with van der Waals surface area (Å²) in [6.45, 7) is 3.46. The van der Waals surface area contributed by atoms with Crippen molar-refractivity contribution in [1.82, 2.24) is 4.57 Å². The van der Waals surface area contributed by atoms with Gasteiger partial charge in [0.2, 0.25) is 0 Å². The van der Waals surface area contributed by atoms with Crippen LogP contribution in [0.4, 0.5) is 0 Å². The van der Waals surface area contributed by atoms with Crippen LogP contribution in [0, 0.1) is 0 Å². The molecular weight excluding hydrogens is 306 g/mol. The zero-order valence-electron chi connectivity index (χ0n) is 13.3. The van der Waals surface area contributed by atoms with Crippen molar-refractivity contribution in [3.63, 3.8) is 0 Å². The number of benzene rings is 2. The first-order valence-corrected chi connectivity index (χ1v) is 8.90. The maximum Gasteiger partial charge on any atom is 0.308 e. The minimum atomic E-state index is 0.0759. The highest BCUT2D eigenvalue weighted by atomic mass is 32.1. The second kappa shape index (κ2) is 7.47. The molecule has 0 saturated carbocycles. The molecule has 4 heteroatoms. The van der Waals surface area contributed by atoms with Crippen molar-refractivity contribution in [1.29, 1.82) is 0 Å². The summed E-state index contributed by atoms with van der Waals surface area (Å²) in [4.78, 5) is 12.4. The SMILES string of the molecule is CCCCCOc1ccccc1Cn1c(=O)sc2ccccc21. The molecule has 1 heterocycles. The van der Waals surface area contributed by atoms with Gasteiger partial charge < -0.3 is 4.74 Å². The molecule has 0 amide bonds.